The van der Waals surface area contributed by atoms with Gasteiger partial charge in [-0.3, -0.25) is 9.78 Å². The van der Waals surface area contributed by atoms with E-state index in [4.69, 9.17) is 4.74 Å². The van der Waals surface area contributed by atoms with Gasteiger partial charge in [-0.15, -0.1) is 0 Å². The van der Waals surface area contributed by atoms with Gasteiger partial charge in [-0.2, -0.15) is 0 Å². The number of ether oxygens (including phenoxy) is 1. The van der Waals surface area contributed by atoms with Crippen molar-refractivity contribution in [3.8, 4) is 5.75 Å². The van der Waals surface area contributed by atoms with Crippen LogP contribution in [0.2, 0.25) is 0 Å². The molecule has 4 nitrogen and oxygen atoms in total. The normalized spacial score (nSPS) is 10.0. The lowest BCUT2D eigenvalue weighted by atomic mass is 10.3. The molecule has 1 aromatic carbocycles. The molecular formula is C14H13FN2O2. The monoisotopic (exact) mass is 260 g/mol. The predicted octanol–water partition coefficient (Wildman–Crippen LogP) is 2.55. The van der Waals surface area contributed by atoms with E-state index in [0.717, 1.165) is 5.69 Å². The van der Waals surface area contributed by atoms with E-state index in [-0.39, 0.29) is 18.3 Å². The number of benzene rings is 1. The summed E-state index contributed by atoms with van der Waals surface area (Å²) in [5, 5.41) is 2.65. The van der Waals surface area contributed by atoms with Gasteiger partial charge in [0, 0.05) is 17.6 Å². The highest BCUT2D eigenvalue weighted by Gasteiger charge is 2.06. The van der Waals surface area contributed by atoms with Crippen LogP contribution < -0.4 is 10.1 Å². The largest absolute Gasteiger partial charge is 0.481 e. The van der Waals surface area contributed by atoms with Gasteiger partial charge < -0.3 is 10.1 Å². The molecular weight excluding hydrogens is 247 g/mol. The van der Waals surface area contributed by atoms with Gasteiger partial charge >= 0.3 is 0 Å². The summed E-state index contributed by atoms with van der Waals surface area (Å²) in [5.41, 5.74) is 1.43. The highest BCUT2D eigenvalue weighted by atomic mass is 19.1. The van der Waals surface area contributed by atoms with Crippen molar-refractivity contribution in [3.63, 3.8) is 0 Å². The summed E-state index contributed by atoms with van der Waals surface area (Å²) >= 11 is 0. The third-order valence-electron chi connectivity index (χ3n) is 2.38. The third-order valence-corrected chi connectivity index (χ3v) is 2.38. The summed E-state index contributed by atoms with van der Waals surface area (Å²) in [7, 11) is 0. The molecule has 98 valence electrons. The number of nitrogens with zero attached hydrogens (tertiary/aromatic N) is 1. The first-order valence-electron chi connectivity index (χ1n) is 5.75. The first kappa shape index (κ1) is 13.0. The molecule has 0 aliphatic carbocycles. The van der Waals surface area contributed by atoms with Gasteiger partial charge in [-0.25, -0.2) is 4.39 Å². The van der Waals surface area contributed by atoms with Gasteiger partial charge in [0.15, 0.2) is 18.2 Å². The minimum atomic E-state index is -0.491. The van der Waals surface area contributed by atoms with Crippen LogP contribution in [0.1, 0.15) is 5.69 Å². The first-order valence-corrected chi connectivity index (χ1v) is 5.75. The Morgan fingerprint density at radius 1 is 1.37 bits per heavy atom. The Hall–Kier alpha value is -2.43. The first-order chi connectivity index (χ1) is 9.15. The average molecular weight is 260 g/mol. The van der Waals surface area contributed by atoms with Crippen molar-refractivity contribution in [3.05, 3.63) is 54.1 Å². The van der Waals surface area contributed by atoms with Crippen LogP contribution in [0.15, 0.2) is 42.6 Å². The number of rotatable bonds is 4. The van der Waals surface area contributed by atoms with Crippen LogP contribution in [0.5, 0.6) is 5.75 Å². The van der Waals surface area contributed by atoms with Crippen LogP contribution in [0, 0.1) is 12.7 Å². The summed E-state index contributed by atoms with van der Waals surface area (Å²) in [6.45, 7) is 1.58. The molecule has 2 rings (SSSR count). The van der Waals surface area contributed by atoms with Crippen LogP contribution >= 0.6 is 0 Å². The Morgan fingerprint density at radius 3 is 2.89 bits per heavy atom. The van der Waals surface area contributed by atoms with Crippen molar-refractivity contribution >= 4 is 11.6 Å². The Morgan fingerprint density at radius 2 is 2.16 bits per heavy atom. The van der Waals surface area contributed by atoms with Crippen LogP contribution in [0.3, 0.4) is 0 Å². The number of aryl methyl sites for hydroxylation is 1. The maximum atomic E-state index is 13.3. The zero-order valence-corrected chi connectivity index (χ0v) is 10.4. The molecule has 0 bridgehead atoms. The fourth-order valence-electron chi connectivity index (χ4n) is 1.53. The number of hydrogen-bond donors (Lipinski definition) is 1. The number of carbonyl (C=O) groups excluding carboxylic acids is 1. The van der Waals surface area contributed by atoms with Gasteiger partial charge in [-0.1, -0.05) is 12.1 Å². The molecule has 0 aliphatic rings. The van der Waals surface area contributed by atoms with E-state index in [9.17, 15) is 9.18 Å². The van der Waals surface area contributed by atoms with E-state index in [2.05, 4.69) is 10.3 Å². The lowest BCUT2D eigenvalue weighted by Crippen LogP contribution is -2.20. The number of aromatic nitrogens is 1. The number of nitrogens with one attached hydrogen (secondary N) is 1. The highest BCUT2D eigenvalue weighted by molar-refractivity contribution is 5.91. The fraction of sp³-hybridized carbons (Fsp3) is 0.143. The predicted molar refractivity (Wildman–Crippen MR) is 69.5 cm³/mol. The van der Waals surface area contributed by atoms with Crippen molar-refractivity contribution < 1.29 is 13.9 Å². The summed E-state index contributed by atoms with van der Waals surface area (Å²) in [6, 6.07) is 9.36. The number of halogens is 1. The van der Waals surface area contributed by atoms with Crippen molar-refractivity contribution in [2.24, 2.45) is 0 Å². The van der Waals surface area contributed by atoms with Gasteiger partial charge in [0.05, 0.1) is 0 Å². The quantitative estimate of drug-likeness (QED) is 0.919. The second-order valence-electron chi connectivity index (χ2n) is 3.95. The molecule has 0 atom stereocenters. The Labute approximate surface area is 110 Å². The van der Waals surface area contributed by atoms with Crippen LogP contribution in [-0.4, -0.2) is 17.5 Å². The summed E-state index contributed by atoms with van der Waals surface area (Å²) in [4.78, 5) is 15.6. The second kappa shape index (κ2) is 5.95. The van der Waals surface area contributed by atoms with E-state index in [1.165, 1.54) is 12.1 Å². The van der Waals surface area contributed by atoms with Crippen LogP contribution in [-0.2, 0) is 4.79 Å². The maximum Gasteiger partial charge on any atom is 0.262 e. The zero-order valence-electron chi connectivity index (χ0n) is 10.4. The SMILES string of the molecule is Cc1cc(NC(=O)COc2ccccc2F)ccn1. The third kappa shape index (κ3) is 3.77. The second-order valence-corrected chi connectivity index (χ2v) is 3.95. The molecule has 0 fully saturated rings. The fourth-order valence-corrected chi connectivity index (χ4v) is 1.53. The molecule has 0 unspecified atom stereocenters. The number of hydrogen-bond acceptors (Lipinski definition) is 3. The number of anilines is 1. The lowest BCUT2D eigenvalue weighted by Gasteiger charge is -2.08. The topological polar surface area (TPSA) is 51.2 Å². The van der Waals surface area contributed by atoms with Crippen molar-refractivity contribution in [1.29, 1.82) is 0 Å². The maximum absolute atomic E-state index is 13.3. The number of amides is 1. The molecule has 2 aromatic rings. The molecule has 0 aliphatic heterocycles. The van der Waals surface area contributed by atoms with E-state index in [1.54, 1.807) is 30.5 Å². The van der Waals surface area contributed by atoms with E-state index >= 15 is 0 Å². The summed E-state index contributed by atoms with van der Waals surface area (Å²) < 4.78 is 18.4. The van der Waals surface area contributed by atoms with Gasteiger partial charge in [0.25, 0.3) is 5.91 Å². The minimum absolute atomic E-state index is 0.0589. The molecule has 0 spiro atoms. The number of carbonyl (C=O) groups is 1. The van der Waals surface area contributed by atoms with Gasteiger partial charge in [0.2, 0.25) is 0 Å². The zero-order chi connectivity index (χ0) is 13.7. The Balaban J connectivity index is 1.90. The van der Waals surface area contributed by atoms with Gasteiger partial charge in [0.1, 0.15) is 0 Å². The van der Waals surface area contributed by atoms with Crippen molar-refractivity contribution in [2.75, 3.05) is 11.9 Å². The molecule has 1 N–H and O–H groups in total. The summed E-state index contributed by atoms with van der Waals surface area (Å²) in [5.74, 6) is -0.785. The minimum Gasteiger partial charge on any atom is -0.481 e. The van der Waals surface area contributed by atoms with E-state index in [0.29, 0.717) is 5.69 Å². The summed E-state index contributed by atoms with van der Waals surface area (Å²) in [6.07, 6.45) is 1.60. The molecule has 1 heterocycles. The smallest absolute Gasteiger partial charge is 0.262 e. The van der Waals surface area contributed by atoms with Gasteiger partial charge in [-0.05, 0) is 31.2 Å². The Kier molecular flexibility index (Phi) is 4.07. The molecule has 1 amide bonds. The molecule has 1 aromatic heterocycles. The van der Waals surface area contributed by atoms with Crippen molar-refractivity contribution in [1.82, 2.24) is 4.98 Å². The van der Waals surface area contributed by atoms with Crippen LogP contribution in [0.25, 0.3) is 0 Å². The number of pyridine rings is 1. The van der Waals surface area contributed by atoms with Crippen molar-refractivity contribution in [2.45, 2.75) is 6.92 Å². The molecule has 0 saturated carbocycles. The number of para-hydroxylation sites is 1. The van der Waals surface area contributed by atoms with Crippen LogP contribution in [0.4, 0.5) is 10.1 Å². The standard InChI is InChI=1S/C14H13FN2O2/c1-10-8-11(6-7-16-10)17-14(18)9-19-13-5-3-2-4-12(13)15/h2-8H,9H2,1H3,(H,16,17,18). The average Bonchev–Trinajstić information content (AvgIpc) is 2.38. The Bertz CT molecular complexity index is 587. The van der Waals surface area contributed by atoms with E-state index in [1.807, 2.05) is 6.92 Å². The molecule has 5 heteroatoms. The van der Waals surface area contributed by atoms with E-state index < -0.39 is 5.82 Å². The molecule has 0 radical (unpaired) electrons. The molecule has 0 saturated heterocycles. The molecule has 19 heavy (non-hydrogen) atoms. The lowest BCUT2D eigenvalue weighted by molar-refractivity contribution is -0.118. The highest BCUT2D eigenvalue weighted by Crippen LogP contribution is 2.15.